The van der Waals surface area contributed by atoms with Gasteiger partial charge < -0.3 is 24.2 Å². The number of methoxy groups -OCH3 is 1. The van der Waals surface area contributed by atoms with Gasteiger partial charge in [-0.15, -0.1) is 0 Å². The van der Waals surface area contributed by atoms with E-state index in [2.05, 4.69) is 9.88 Å². The van der Waals surface area contributed by atoms with E-state index in [1.807, 2.05) is 51.1 Å². The van der Waals surface area contributed by atoms with Crippen LogP contribution in [0.25, 0.3) is 0 Å². The molecule has 2 aromatic rings. The number of rotatable bonds is 12. The summed E-state index contributed by atoms with van der Waals surface area (Å²) in [6, 6.07) is 9.49. The number of alkyl halides is 1. The Morgan fingerprint density at radius 3 is 2.44 bits per heavy atom. The summed E-state index contributed by atoms with van der Waals surface area (Å²) in [5.41, 5.74) is -0.105. The smallest absolute Gasteiger partial charge is 0.303 e. The number of pyridine rings is 1. The highest BCUT2D eigenvalue weighted by atomic mass is 19.1. The number of hydrogen-bond acceptors (Lipinski definition) is 6. The summed E-state index contributed by atoms with van der Waals surface area (Å²) in [5, 5.41) is 9.33. The van der Waals surface area contributed by atoms with Crippen LogP contribution in [0.15, 0.2) is 36.5 Å². The molecule has 0 spiro atoms. The Morgan fingerprint density at radius 1 is 1.10 bits per heavy atom. The van der Waals surface area contributed by atoms with Crippen LogP contribution < -0.4 is 19.1 Å². The Morgan fingerprint density at radius 2 is 1.82 bits per heavy atom. The van der Waals surface area contributed by atoms with Crippen LogP contribution in [0.1, 0.15) is 71.3 Å². The third-order valence-corrected chi connectivity index (χ3v) is 8.42. The fraction of sp³-hybridized carbons (Fsp3) is 0.613. The average molecular weight is 543 g/mol. The van der Waals surface area contributed by atoms with E-state index >= 15 is 4.39 Å². The summed E-state index contributed by atoms with van der Waals surface area (Å²) in [6.07, 6.45) is 5.89. The number of aliphatic carboxylic acids is 1. The lowest BCUT2D eigenvalue weighted by atomic mass is 9.80. The number of nitrogens with zero attached hydrogens (tertiary/aromatic N) is 2. The molecular formula is C31H43FN2O5. The highest BCUT2D eigenvalue weighted by molar-refractivity contribution is 5.68. The molecule has 0 amide bonds. The van der Waals surface area contributed by atoms with Crippen LogP contribution in [0.5, 0.6) is 17.4 Å². The van der Waals surface area contributed by atoms with Crippen molar-refractivity contribution < 1.29 is 28.5 Å². The number of carbonyl (C=O) groups is 1. The number of halogens is 1. The number of piperidine rings is 1. The largest absolute Gasteiger partial charge is 0.497 e. The first kappa shape index (κ1) is 29.0. The van der Waals surface area contributed by atoms with Gasteiger partial charge in [-0.2, -0.15) is 0 Å². The summed E-state index contributed by atoms with van der Waals surface area (Å²) in [7, 11) is 1.64. The second kappa shape index (κ2) is 12.0. The van der Waals surface area contributed by atoms with E-state index in [1.165, 1.54) is 0 Å². The van der Waals surface area contributed by atoms with Crippen molar-refractivity contribution in [2.75, 3.05) is 38.3 Å². The van der Waals surface area contributed by atoms with Crippen LogP contribution >= 0.6 is 0 Å². The van der Waals surface area contributed by atoms with Gasteiger partial charge in [0.15, 0.2) is 0 Å². The van der Waals surface area contributed by atoms with Gasteiger partial charge in [0.05, 0.1) is 25.8 Å². The Labute approximate surface area is 231 Å². The van der Waals surface area contributed by atoms with Crippen LogP contribution in [0.2, 0.25) is 0 Å². The first-order valence-corrected chi connectivity index (χ1v) is 14.0. The standard InChI is InChI=1S/C31H43FN2O5/c1-30(2,3)31(4,32)20-39-27-9-8-24(37-5)17-26(27)34-14-11-21(12-15-34)19-38-28-16-23(10-13-33-28)25(18-29(35)36)22-6-7-22/h8-10,13,16-17,21-22,25H,6-7,11-12,14-15,18-20H2,1-5H3,(H,35,36). The molecule has 1 saturated carbocycles. The van der Waals surface area contributed by atoms with Crippen molar-refractivity contribution in [3.63, 3.8) is 0 Å². The molecule has 2 unspecified atom stereocenters. The maximum absolute atomic E-state index is 15.2. The minimum Gasteiger partial charge on any atom is -0.497 e. The lowest BCUT2D eigenvalue weighted by Crippen LogP contribution is -2.41. The molecule has 7 nitrogen and oxygen atoms in total. The van der Waals surface area contributed by atoms with Gasteiger partial charge in [0.2, 0.25) is 5.88 Å². The maximum Gasteiger partial charge on any atom is 0.303 e. The lowest BCUT2D eigenvalue weighted by Gasteiger charge is -2.36. The van der Waals surface area contributed by atoms with Gasteiger partial charge in [-0.05, 0) is 79.5 Å². The van der Waals surface area contributed by atoms with Crippen molar-refractivity contribution in [1.82, 2.24) is 4.98 Å². The van der Waals surface area contributed by atoms with Crippen molar-refractivity contribution >= 4 is 11.7 Å². The minimum atomic E-state index is -1.48. The van der Waals surface area contributed by atoms with Crippen molar-refractivity contribution in [2.45, 2.75) is 71.4 Å². The Kier molecular flexibility index (Phi) is 8.92. The molecule has 1 aliphatic heterocycles. The minimum absolute atomic E-state index is 0.0222. The summed E-state index contributed by atoms with van der Waals surface area (Å²) < 4.78 is 32.8. The lowest BCUT2D eigenvalue weighted by molar-refractivity contribution is -0.137. The Bertz CT molecular complexity index is 1120. The summed E-state index contributed by atoms with van der Waals surface area (Å²) >= 11 is 0. The molecule has 2 fully saturated rings. The number of aromatic nitrogens is 1. The topological polar surface area (TPSA) is 81.1 Å². The number of carboxylic acid groups (broad SMARTS) is 1. The molecular weight excluding hydrogens is 499 g/mol. The molecule has 0 bridgehead atoms. The summed E-state index contributed by atoms with van der Waals surface area (Å²) in [6.45, 7) is 9.40. The zero-order valence-electron chi connectivity index (χ0n) is 23.9. The zero-order valence-corrected chi connectivity index (χ0v) is 23.9. The first-order valence-electron chi connectivity index (χ1n) is 14.0. The molecule has 1 aromatic heterocycles. The predicted octanol–water partition coefficient (Wildman–Crippen LogP) is 6.51. The molecule has 2 atom stereocenters. The Balaban J connectivity index is 1.35. The highest BCUT2D eigenvalue weighted by Crippen LogP contribution is 2.45. The Hall–Kier alpha value is -3.03. The fourth-order valence-corrected chi connectivity index (χ4v) is 4.94. The zero-order chi connectivity index (χ0) is 28.2. The first-order chi connectivity index (χ1) is 18.5. The van der Waals surface area contributed by atoms with E-state index in [-0.39, 0.29) is 18.9 Å². The summed E-state index contributed by atoms with van der Waals surface area (Å²) in [5.74, 6) is 2.02. The van der Waals surface area contributed by atoms with E-state index in [9.17, 15) is 9.90 Å². The molecule has 214 valence electrons. The van der Waals surface area contributed by atoms with Gasteiger partial charge in [0, 0.05) is 31.4 Å². The maximum atomic E-state index is 15.2. The molecule has 39 heavy (non-hydrogen) atoms. The molecule has 8 heteroatoms. The predicted molar refractivity (Wildman–Crippen MR) is 150 cm³/mol. The molecule has 1 N–H and O–H groups in total. The monoisotopic (exact) mass is 542 g/mol. The van der Waals surface area contributed by atoms with Gasteiger partial charge in [0.25, 0.3) is 0 Å². The molecule has 0 radical (unpaired) electrons. The molecule has 2 heterocycles. The van der Waals surface area contributed by atoms with E-state index in [0.717, 1.165) is 55.8 Å². The average Bonchev–Trinajstić information content (AvgIpc) is 3.74. The molecule has 2 aliphatic rings. The van der Waals surface area contributed by atoms with Crippen molar-refractivity contribution in [2.24, 2.45) is 17.3 Å². The van der Waals surface area contributed by atoms with E-state index in [4.69, 9.17) is 14.2 Å². The molecule has 1 saturated heterocycles. The fourth-order valence-electron chi connectivity index (χ4n) is 4.94. The van der Waals surface area contributed by atoms with Crippen LogP contribution in [0.3, 0.4) is 0 Å². The van der Waals surface area contributed by atoms with Crippen molar-refractivity contribution in [3.05, 3.63) is 42.1 Å². The van der Waals surface area contributed by atoms with E-state index < -0.39 is 17.1 Å². The van der Waals surface area contributed by atoms with Crippen LogP contribution in [0, 0.1) is 17.3 Å². The third kappa shape index (κ3) is 7.55. The normalized spacial score (nSPS) is 18.8. The van der Waals surface area contributed by atoms with Crippen LogP contribution in [0.4, 0.5) is 10.1 Å². The van der Waals surface area contributed by atoms with Gasteiger partial charge in [-0.25, -0.2) is 9.37 Å². The van der Waals surface area contributed by atoms with E-state index in [1.54, 1.807) is 20.2 Å². The van der Waals surface area contributed by atoms with Crippen molar-refractivity contribution in [3.8, 4) is 17.4 Å². The third-order valence-electron chi connectivity index (χ3n) is 8.42. The number of benzene rings is 1. The van der Waals surface area contributed by atoms with Gasteiger partial charge in [-0.1, -0.05) is 20.8 Å². The summed E-state index contributed by atoms with van der Waals surface area (Å²) in [4.78, 5) is 18.0. The second-order valence-corrected chi connectivity index (χ2v) is 12.3. The van der Waals surface area contributed by atoms with Crippen LogP contribution in [-0.2, 0) is 4.79 Å². The number of hydrogen-bond donors (Lipinski definition) is 1. The van der Waals surface area contributed by atoms with Crippen molar-refractivity contribution in [1.29, 1.82) is 0 Å². The number of ether oxygens (including phenoxy) is 3. The SMILES string of the molecule is COc1ccc(OCC(C)(F)C(C)(C)C)c(N2CCC(COc3cc(C(CC(=O)O)C4CC4)ccn3)CC2)c1. The van der Waals surface area contributed by atoms with Gasteiger partial charge in [-0.3, -0.25) is 4.79 Å². The molecule has 1 aromatic carbocycles. The van der Waals surface area contributed by atoms with Gasteiger partial charge in [0.1, 0.15) is 23.8 Å². The molecule has 4 rings (SSSR count). The highest BCUT2D eigenvalue weighted by Gasteiger charge is 2.39. The second-order valence-electron chi connectivity index (χ2n) is 12.3. The molecule has 1 aliphatic carbocycles. The number of anilines is 1. The quantitative estimate of drug-likeness (QED) is 0.328. The van der Waals surface area contributed by atoms with Crippen LogP contribution in [-0.4, -0.2) is 55.1 Å². The van der Waals surface area contributed by atoms with E-state index in [0.29, 0.717) is 30.1 Å². The van der Waals surface area contributed by atoms with Gasteiger partial charge >= 0.3 is 5.97 Å². The number of carboxylic acids is 1.